The zero-order chi connectivity index (χ0) is 24.1. The molecule has 2 amide bonds. The minimum atomic E-state index is -4.03. The number of hydrogen-bond donors (Lipinski definition) is 0. The summed E-state index contributed by atoms with van der Waals surface area (Å²) in [4.78, 5) is 39.5. The Morgan fingerprint density at radius 1 is 1.12 bits per heavy atom. The third-order valence-electron chi connectivity index (χ3n) is 7.47. The average Bonchev–Trinajstić information content (AvgIpc) is 3.10. The second-order valence-electron chi connectivity index (χ2n) is 9.45. The molecular weight excluding hydrogens is 446 g/mol. The summed E-state index contributed by atoms with van der Waals surface area (Å²) in [6.45, 7) is 5.47. The largest absolute Gasteiger partial charge is 0.460 e. The van der Waals surface area contributed by atoms with E-state index in [2.05, 4.69) is 0 Å². The summed E-state index contributed by atoms with van der Waals surface area (Å²) in [6, 6.07) is 8.04. The highest BCUT2D eigenvalue weighted by molar-refractivity contribution is 7.86. The van der Waals surface area contributed by atoms with Crippen molar-refractivity contribution in [3.05, 3.63) is 35.9 Å². The number of rotatable bonds is 7. The molecule has 0 spiro atoms. The normalized spacial score (nSPS) is 31.7. The van der Waals surface area contributed by atoms with Crippen molar-refractivity contribution in [3.63, 3.8) is 0 Å². The Morgan fingerprint density at radius 3 is 2.36 bits per heavy atom. The second-order valence-corrected chi connectivity index (χ2v) is 11.4. The van der Waals surface area contributed by atoms with Crippen molar-refractivity contribution in [3.8, 4) is 0 Å². The predicted octanol–water partition coefficient (Wildman–Crippen LogP) is 1.26. The summed E-state index contributed by atoms with van der Waals surface area (Å²) in [5.74, 6) is -1.50. The van der Waals surface area contributed by atoms with Crippen LogP contribution in [-0.2, 0) is 35.9 Å². The second kappa shape index (κ2) is 8.81. The van der Waals surface area contributed by atoms with E-state index in [0.29, 0.717) is 6.42 Å². The number of carbonyl (C=O) groups is 3. The quantitative estimate of drug-likeness (QED) is 0.433. The van der Waals surface area contributed by atoms with Gasteiger partial charge >= 0.3 is 5.97 Å². The lowest BCUT2D eigenvalue weighted by molar-refractivity contribution is -0.147. The third-order valence-corrected chi connectivity index (χ3v) is 9.41. The van der Waals surface area contributed by atoms with E-state index in [1.165, 1.54) is 16.3 Å². The molecule has 1 saturated carbocycles. The number of fused-ring (bicyclic) bond motifs is 1. The smallest absolute Gasteiger partial charge is 0.321 e. The molecule has 180 valence electrons. The van der Waals surface area contributed by atoms with Gasteiger partial charge in [-0.05, 0) is 23.8 Å². The Balaban J connectivity index is 1.42. The summed E-state index contributed by atoms with van der Waals surface area (Å²) in [5.41, 5.74) is 0.807. The fraction of sp³-hybridized carbons (Fsp3) is 0.609. The number of nitrogens with zero attached hydrogens (tertiary/aromatic N) is 3. The van der Waals surface area contributed by atoms with Gasteiger partial charge in [-0.25, -0.2) is 0 Å². The van der Waals surface area contributed by atoms with E-state index >= 15 is 0 Å². The Bertz CT molecular complexity index is 1040. The lowest BCUT2D eigenvalue weighted by Crippen LogP contribution is -2.49. The highest BCUT2D eigenvalue weighted by Crippen LogP contribution is 2.49. The molecule has 2 saturated heterocycles. The van der Waals surface area contributed by atoms with Crippen LogP contribution in [0, 0.1) is 23.7 Å². The molecule has 9 nitrogen and oxygen atoms in total. The van der Waals surface area contributed by atoms with Gasteiger partial charge in [-0.3, -0.25) is 19.3 Å². The molecule has 4 rings (SSSR count). The Hall–Kier alpha value is -2.30. The number of benzene rings is 1. The van der Waals surface area contributed by atoms with Crippen LogP contribution in [0.4, 0.5) is 0 Å². The molecule has 2 aliphatic heterocycles. The van der Waals surface area contributed by atoms with Gasteiger partial charge in [0.1, 0.15) is 13.2 Å². The maximum Gasteiger partial charge on any atom is 0.321 e. The minimum absolute atomic E-state index is 0.0581. The Morgan fingerprint density at radius 2 is 1.76 bits per heavy atom. The van der Waals surface area contributed by atoms with E-state index in [1.54, 1.807) is 6.92 Å². The van der Waals surface area contributed by atoms with E-state index < -0.39 is 40.7 Å². The van der Waals surface area contributed by atoms with Crippen molar-refractivity contribution in [2.75, 3.05) is 20.1 Å². The molecule has 1 aromatic carbocycles. The van der Waals surface area contributed by atoms with Gasteiger partial charge in [-0.1, -0.05) is 51.1 Å². The van der Waals surface area contributed by atoms with E-state index in [9.17, 15) is 22.8 Å². The molecule has 1 aromatic rings. The van der Waals surface area contributed by atoms with Crippen LogP contribution in [0.2, 0.25) is 0 Å². The van der Waals surface area contributed by atoms with Crippen molar-refractivity contribution < 1.29 is 27.5 Å². The van der Waals surface area contributed by atoms with Gasteiger partial charge in [0, 0.05) is 19.5 Å². The zero-order valence-electron chi connectivity index (χ0n) is 19.4. The number of imide groups is 1. The molecule has 3 aliphatic rings. The highest BCUT2D eigenvalue weighted by Gasteiger charge is 2.60. The van der Waals surface area contributed by atoms with E-state index in [4.69, 9.17) is 4.74 Å². The van der Waals surface area contributed by atoms with Gasteiger partial charge in [-0.15, -0.1) is 0 Å². The molecule has 3 fully saturated rings. The van der Waals surface area contributed by atoms with Crippen LogP contribution >= 0.6 is 0 Å². The number of likely N-dealkylation sites (N-methyl/N-ethyl adjacent to an activating group) is 1. The van der Waals surface area contributed by atoms with Gasteiger partial charge in [-0.2, -0.15) is 17.0 Å². The maximum atomic E-state index is 13.3. The van der Waals surface area contributed by atoms with Gasteiger partial charge < -0.3 is 4.74 Å². The highest BCUT2D eigenvalue weighted by atomic mass is 32.2. The summed E-state index contributed by atoms with van der Waals surface area (Å²) in [7, 11) is -2.70. The fourth-order valence-corrected chi connectivity index (χ4v) is 6.80. The summed E-state index contributed by atoms with van der Waals surface area (Å²) >= 11 is 0. The first-order chi connectivity index (χ1) is 15.6. The average molecular weight is 478 g/mol. The van der Waals surface area contributed by atoms with E-state index in [1.807, 2.05) is 44.2 Å². The van der Waals surface area contributed by atoms with Crippen molar-refractivity contribution in [1.29, 1.82) is 0 Å². The first-order valence-electron chi connectivity index (χ1n) is 11.3. The topological polar surface area (TPSA) is 104 Å². The molecule has 6 atom stereocenters. The van der Waals surface area contributed by atoms with Gasteiger partial charge in [0.2, 0.25) is 11.8 Å². The van der Waals surface area contributed by atoms with Crippen LogP contribution in [0.25, 0.3) is 0 Å². The van der Waals surface area contributed by atoms with Crippen molar-refractivity contribution in [2.24, 2.45) is 23.7 Å². The van der Waals surface area contributed by atoms with Crippen LogP contribution < -0.4 is 0 Å². The van der Waals surface area contributed by atoms with Gasteiger partial charge in [0.25, 0.3) is 10.2 Å². The Kier molecular flexibility index (Phi) is 6.36. The summed E-state index contributed by atoms with van der Waals surface area (Å²) < 4.78 is 34.0. The van der Waals surface area contributed by atoms with Crippen LogP contribution in [0.1, 0.15) is 32.8 Å². The molecule has 0 N–H and O–H groups in total. The zero-order valence-corrected chi connectivity index (χ0v) is 20.2. The van der Waals surface area contributed by atoms with Gasteiger partial charge in [0.05, 0.1) is 18.0 Å². The summed E-state index contributed by atoms with van der Waals surface area (Å²) in [5, 5.41) is 0. The molecule has 0 bridgehead atoms. The monoisotopic (exact) mass is 477 g/mol. The molecule has 2 heterocycles. The van der Waals surface area contributed by atoms with Crippen LogP contribution in [0.15, 0.2) is 30.3 Å². The summed E-state index contributed by atoms with van der Waals surface area (Å²) in [6.07, 6.45) is 0.396. The van der Waals surface area contributed by atoms with Crippen molar-refractivity contribution >= 4 is 28.0 Å². The SMILES string of the molecule is C[C@@H]1C(=O)N(C(=O)C2[C@@H](C)[C@H]2C)[C@H]2CCN(S(=O)(=O)N(C)CC(=O)OCc3ccccc3)[C@H]12. The standard InChI is InChI=1S/C23H31N3O6S/c1-14-15(2)20(14)23(29)26-18-10-11-25(21(18)16(3)22(26)28)33(30,31)24(4)12-19(27)32-13-17-8-6-5-7-9-17/h5-9,14-16,18,20-21H,10-13H2,1-4H3/t14-,15+,16-,18-,20?,21+/m0/s1. The Labute approximate surface area is 194 Å². The third kappa shape index (κ3) is 4.20. The number of likely N-dealkylation sites (tertiary alicyclic amines) is 1. The lowest BCUT2D eigenvalue weighted by atomic mass is 10.0. The number of ether oxygens (including phenoxy) is 1. The molecule has 1 aliphatic carbocycles. The lowest BCUT2D eigenvalue weighted by Gasteiger charge is -2.29. The maximum absolute atomic E-state index is 13.3. The van der Waals surface area contributed by atoms with Crippen LogP contribution in [-0.4, -0.2) is 71.9 Å². The fourth-order valence-electron chi connectivity index (χ4n) is 5.21. The molecular formula is C23H31N3O6S. The molecule has 0 aromatic heterocycles. The molecule has 33 heavy (non-hydrogen) atoms. The van der Waals surface area contributed by atoms with Crippen molar-refractivity contribution in [2.45, 2.75) is 45.9 Å². The number of esters is 1. The number of amides is 2. The van der Waals surface area contributed by atoms with E-state index in [0.717, 1.165) is 9.87 Å². The number of carbonyl (C=O) groups excluding carboxylic acids is 3. The van der Waals surface area contributed by atoms with Gasteiger partial charge in [0.15, 0.2) is 0 Å². The first kappa shape index (κ1) is 23.8. The number of hydrogen-bond acceptors (Lipinski definition) is 6. The molecule has 1 unspecified atom stereocenters. The molecule has 0 radical (unpaired) electrons. The minimum Gasteiger partial charge on any atom is -0.460 e. The molecule has 10 heteroatoms. The van der Waals surface area contributed by atoms with Crippen LogP contribution in [0.5, 0.6) is 0 Å². The predicted molar refractivity (Wildman–Crippen MR) is 120 cm³/mol. The van der Waals surface area contributed by atoms with Crippen LogP contribution in [0.3, 0.4) is 0 Å². The first-order valence-corrected chi connectivity index (χ1v) is 12.7. The van der Waals surface area contributed by atoms with E-state index in [-0.39, 0.29) is 42.7 Å². The van der Waals surface area contributed by atoms with Crippen molar-refractivity contribution in [1.82, 2.24) is 13.5 Å².